The summed E-state index contributed by atoms with van der Waals surface area (Å²) in [6.07, 6.45) is 3.04. The summed E-state index contributed by atoms with van der Waals surface area (Å²) in [5.74, 6) is 0.451. The van der Waals surface area contributed by atoms with Crippen molar-refractivity contribution in [3.63, 3.8) is 0 Å². The first-order chi connectivity index (χ1) is 14.4. The van der Waals surface area contributed by atoms with Crippen molar-refractivity contribution < 1.29 is 13.2 Å². The Morgan fingerprint density at radius 2 is 1.63 bits per heavy atom. The number of nitrogen functional groups attached to an aromatic ring is 1. The number of rotatable bonds is 6. The Kier molecular flexibility index (Phi) is 5.03. The fourth-order valence-corrected chi connectivity index (χ4v) is 4.09. The number of hydrogen-bond acceptors (Lipinski definition) is 6. The predicted molar refractivity (Wildman–Crippen MR) is 114 cm³/mol. The SMILES string of the molecule is N=C(N)c1ccc(Oc2ncccc2NS(=O)(=O)c2cccc3cccnc23)cc1. The molecule has 0 radical (unpaired) electrons. The number of amidine groups is 1. The second-order valence-electron chi connectivity index (χ2n) is 6.33. The summed E-state index contributed by atoms with van der Waals surface area (Å²) in [6, 6.07) is 18.2. The van der Waals surface area contributed by atoms with E-state index in [1.54, 1.807) is 66.9 Å². The fraction of sp³-hybridized carbons (Fsp3) is 0. The molecule has 0 fully saturated rings. The minimum atomic E-state index is -3.95. The van der Waals surface area contributed by atoms with Crippen LogP contribution in [0.15, 0.2) is 84.0 Å². The molecule has 4 rings (SSSR count). The predicted octanol–water partition coefficient (Wildman–Crippen LogP) is 3.51. The molecule has 8 nitrogen and oxygen atoms in total. The van der Waals surface area contributed by atoms with Gasteiger partial charge in [-0.05, 0) is 48.5 Å². The first-order valence-corrected chi connectivity index (χ1v) is 10.4. The van der Waals surface area contributed by atoms with Crippen LogP contribution in [-0.2, 0) is 10.0 Å². The van der Waals surface area contributed by atoms with Crippen LogP contribution in [0, 0.1) is 5.41 Å². The molecule has 2 aromatic heterocycles. The van der Waals surface area contributed by atoms with Crippen molar-refractivity contribution in [2.75, 3.05) is 4.72 Å². The number of benzene rings is 2. The Hall–Kier alpha value is -3.98. The zero-order valence-corrected chi connectivity index (χ0v) is 16.4. The highest BCUT2D eigenvalue weighted by atomic mass is 32.2. The quantitative estimate of drug-likeness (QED) is 0.324. The van der Waals surface area contributed by atoms with E-state index >= 15 is 0 Å². The largest absolute Gasteiger partial charge is 0.437 e. The van der Waals surface area contributed by atoms with E-state index in [2.05, 4.69) is 14.7 Å². The Labute approximate surface area is 172 Å². The van der Waals surface area contributed by atoms with Gasteiger partial charge in [0.05, 0.1) is 5.52 Å². The van der Waals surface area contributed by atoms with Gasteiger partial charge in [0, 0.05) is 23.3 Å². The van der Waals surface area contributed by atoms with Gasteiger partial charge in [0.2, 0.25) is 5.88 Å². The monoisotopic (exact) mass is 419 g/mol. The molecule has 0 aliphatic heterocycles. The molecule has 9 heteroatoms. The highest BCUT2D eigenvalue weighted by Gasteiger charge is 2.20. The molecule has 2 heterocycles. The van der Waals surface area contributed by atoms with E-state index < -0.39 is 10.0 Å². The molecule has 150 valence electrons. The van der Waals surface area contributed by atoms with Crippen LogP contribution in [0.2, 0.25) is 0 Å². The van der Waals surface area contributed by atoms with Crippen LogP contribution in [0.4, 0.5) is 5.69 Å². The van der Waals surface area contributed by atoms with Gasteiger partial charge in [0.1, 0.15) is 22.2 Å². The number of ether oxygens (including phenoxy) is 1. The van der Waals surface area contributed by atoms with E-state index in [9.17, 15) is 8.42 Å². The fourth-order valence-electron chi connectivity index (χ4n) is 2.86. The second-order valence-corrected chi connectivity index (χ2v) is 7.98. The number of nitrogens with zero attached hydrogens (tertiary/aromatic N) is 2. The van der Waals surface area contributed by atoms with Crippen molar-refractivity contribution in [2.24, 2.45) is 5.73 Å². The maximum Gasteiger partial charge on any atom is 0.264 e. The van der Waals surface area contributed by atoms with Crippen molar-refractivity contribution in [1.82, 2.24) is 9.97 Å². The number of nitrogens with two attached hydrogens (primary N) is 1. The lowest BCUT2D eigenvalue weighted by Gasteiger charge is -2.13. The van der Waals surface area contributed by atoms with E-state index in [4.69, 9.17) is 15.9 Å². The smallest absolute Gasteiger partial charge is 0.264 e. The first-order valence-electron chi connectivity index (χ1n) is 8.88. The zero-order valence-electron chi connectivity index (χ0n) is 15.6. The third-order valence-corrected chi connectivity index (χ3v) is 5.68. The van der Waals surface area contributed by atoms with Gasteiger partial charge < -0.3 is 10.5 Å². The van der Waals surface area contributed by atoms with Crippen LogP contribution in [-0.4, -0.2) is 24.2 Å². The average Bonchev–Trinajstić information content (AvgIpc) is 2.75. The summed E-state index contributed by atoms with van der Waals surface area (Å²) >= 11 is 0. The zero-order chi connectivity index (χ0) is 21.1. The van der Waals surface area contributed by atoms with Crippen LogP contribution >= 0.6 is 0 Å². The second kappa shape index (κ2) is 7.80. The van der Waals surface area contributed by atoms with Crippen molar-refractivity contribution in [3.8, 4) is 11.6 Å². The minimum Gasteiger partial charge on any atom is -0.437 e. The number of fused-ring (bicyclic) bond motifs is 1. The molecule has 0 unspecified atom stereocenters. The van der Waals surface area contributed by atoms with Crippen LogP contribution in [0.5, 0.6) is 11.6 Å². The molecule has 0 saturated heterocycles. The lowest BCUT2D eigenvalue weighted by atomic mass is 10.2. The number of aromatic nitrogens is 2. The van der Waals surface area contributed by atoms with Gasteiger partial charge in [0.25, 0.3) is 10.0 Å². The molecule has 0 aliphatic carbocycles. The van der Waals surface area contributed by atoms with E-state index in [0.717, 1.165) is 0 Å². The van der Waals surface area contributed by atoms with Crippen molar-refractivity contribution in [1.29, 1.82) is 5.41 Å². The van der Waals surface area contributed by atoms with Gasteiger partial charge in [-0.3, -0.25) is 15.1 Å². The number of para-hydroxylation sites is 1. The summed E-state index contributed by atoms with van der Waals surface area (Å²) < 4.78 is 34.4. The molecule has 4 aromatic rings. The highest BCUT2D eigenvalue weighted by molar-refractivity contribution is 7.93. The lowest BCUT2D eigenvalue weighted by molar-refractivity contribution is 0.465. The van der Waals surface area contributed by atoms with Crippen molar-refractivity contribution in [2.45, 2.75) is 4.90 Å². The molecule has 0 saturated carbocycles. The van der Waals surface area contributed by atoms with Gasteiger partial charge in [0.15, 0.2) is 0 Å². The minimum absolute atomic E-state index is 0.0567. The average molecular weight is 419 g/mol. The number of anilines is 1. The van der Waals surface area contributed by atoms with Crippen molar-refractivity contribution >= 4 is 32.4 Å². The highest BCUT2D eigenvalue weighted by Crippen LogP contribution is 2.30. The molecule has 4 N–H and O–H groups in total. The number of sulfonamides is 1. The molecular formula is C21H17N5O3S. The summed E-state index contributed by atoms with van der Waals surface area (Å²) in [6.45, 7) is 0. The Bertz CT molecular complexity index is 1330. The summed E-state index contributed by atoms with van der Waals surface area (Å²) in [4.78, 5) is 8.40. The Balaban J connectivity index is 1.66. The van der Waals surface area contributed by atoms with Gasteiger partial charge in [-0.15, -0.1) is 0 Å². The number of pyridine rings is 2. The topological polar surface area (TPSA) is 131 Å². The van der Waals surface area contributed by atoms with E-state index in [-0.39, 0.29) is 22.3 Å². The molecular weight excluding hydrogens is 402 g/mol. The Morgan fingerprint density at radius 1 is 0.933 bits per heavy atom. The Morgan fingerprint density at radius 3 is 2.40 bits per heavy atom. The van der Waals surface area contributed by atoms with E-state index in [1.807, 2.05) is 0 Å². The third-order valence-electron chi connectivity index (χ3n) is 4.28. The van der Waals surface area contributed by atoms with Crippen LogP contribution in [0.25, 0.3) is 10.9 Å². The standard InChI is InChI=1S/C21H17N5O3S/c22-20(23)15-8-10-16(11-9-15)29-21-17(6-3-13-25-21)26-30(27,28)18-7-1-4-14-5-2-12-24-19(14)18/h1-13,26H,(H3,22,23). The van der Waals surface area contributed by atoms with Crippen LogP contribution in [0.1, 0.15) is 5.56 Å². The normalized spacial score (nSPS) is 11.2. The first kappa shape index (κ1) is 19.3. The summed E-state index contributed by atoms with van der Waals surface area (Å²) in [5, 5.41) is 8.16. The lowest BCUT2D eigenvalue weighted by Crippen LogP contribution is -2.14. The third kappa shape index (κ3) is 3.91. The molecule has 0 aliphatic rings. The maximum atomic E-state index is 13.1. The molecule has 0 amide bonds. The van der Waals surface area contributed by atoms with Crippen molar-refractivity contribution in [3.05, 3.63) is 84.7 Å². The van der Waals surface area contributed by atoms with Crippen LogP contribution in [0.3, 0.4) is 0 Å². The van der Waals surface area contributed by atoms with Gasteiger partial charge in [-0.25, -0.2) is 13.4 Å². The number of nitrogens with one attached hydrogen (secondary N) is 2. The van der Waals surface area contributed by atoms with Gasteiger partial charge in [-0.1, -0.05) is 18.2 Å². The molecule has 2 aromatic carbocycles. The summed E-state index contributed by atoms with van der Waals surface area (Å²) in [5.41, 5.74) is 6.56. The molecule has 0 atom stereocenters. The van der Waals surface area contributed by atoms with E-state index in [0.29, 0.717) is 22.2 Å². The van der Waals surface area contributed by atoms with Gasteiger partial charge >= 0.3 is 0 Å². The summed E-state index contributed by atoms with van der Waals surface area (Å²) in [7, 11) is -3.95. The molecule has 0 spiro atoms. The molecule has 0 bridgehead atoms. The molecule has 30 heavy (non-hydrogen) atoms. The van der Waals surface area contributed by atoms with E-state index in [1.165, 1.54) is 12.3 Å². The van der Waals surface area contributed by atoms with Gasteiger partial charge in [-0.2, -0.15) is 0 Å². The number of hydrogen-bond donors (Lipinski definition) is 3. The maximum absolute atomic E-state index is 13.1. The van der Waals surface area contributed by atoms with Crippen LogP contribution < -0.4 is 15.2 Å².